The molecule has 0 saturated heterocycles. The molecule has 2 bridgehead atoms. The van der Waals surface area contributed by atoms with Gasteiger partial charge < -0.3 is 10.2 Å². The van der Waals surface area contributed by atoms with Crippen LogP contribution in [0.4, 0.5) is 0 Å². The van der Waals surface area contributed by atoms with Crippen LogP contribution in [-0.2, 0) is 4.79 Å². The van der Waals surface area contributed by atoms with Gasteiger partial charge in [-0.15, -0.1) is 0 Å². The summed E-state index contributed by atoms with van der Waals surface area (Å²) < 4.78 is 0. The van der Waals surface area contributed by atoms with Crippen molar-refractivity contribution in [3.05, 3.63) is 48.0 Å². The molecule has 0 amide bonds. The predicted molar refractivity (Wildman–Crippen MR) is 113 cm³/mol. The number of unbranched alkanes of at least 4 members (excludes halogenated alkanes) is 3. The first-order valence-corrected chi connectivity index (χ1v) is 11.2. The van der Waals surface area contributed by atoms with Gasteiger partial charge in [-0.1, -0.05) is 68.7 Å². The minimum absolute atomic E-state index is 0.115. The number of allylic oxidation sites excluding steroid dienone is 1. The van der Waals surface area contributed by atoms with Gasteiger partial charge in [-0.25, -0.2) is 0 Å². The Morgan fingerprint density at radius 2 is 1.82 bits per heavy atom. The molecule has 2 unspecified atom stereocenters. The number of fused-ring (bicyclic) bond motifs is 2. The van der Waals surface area contributed by atoms with E-state index in [1.165, 1.54) is 37.7 Å². The fourth-order valence-corrected chi connectivity index (χ4v) is 5.56. The van der Waals surface area contributed by atoms with E-state index in [1.54, 1.807) is 0 Å². The molecule has 0 spiro atoms. The molecular weight excluding hydrogens is 348 g/mol. The number of benzene rings is 1. The maximum atomic E-state index is 10.7. The number of carbonyl (C=O) groups is 1. The summed E-state index contributed by atoms with van der Waals surface area (Å²) in [5.74, 6) is 2.48. The van der Waals surface area contributed by atoms with Gasteiger partial charge in [0.15, 0.2) is 0 Å². The summed E-state index contributed by atoms with van der Waals surface area (Å²) in [7, 11) is 0. The Hall–Kier alpha value is -1.61. The lowest BCUT2D eigenvalue weighted by molar-refractivity contribution is -0.137. The first-order valence-electron chi connectivity index (χ1n) is 11.2. The van der Waals surface area contributed by atoms with E-state index in [0.29, 0.717) is 12.3 Å². The molecule has 0 aliphatic heterocycles. The van der Waals surface area contributed by atoms with Crippen LogP contribution >= 0.6 is 0 Å². The highest BCUT2D eigenvalue weighted by atomic mass is 16.4. The molecule has 2 N–H and O–H groups in total. The maximum absolute atomic E-state index is 10.7. The van der Waals surface area contributed by atoms with Crippen molar-refractivity contribution < 1.29 is 15.0 Å². The molecule has 2 aliphatic rings. The molecule has 3 heteroatoms. The van der Waals surface area contributed by atoms with Gasteiger partial charge in [-0.3, -0.25) is 4.79 Å². The molecule has 1 aromatic carbocycles. The SMILES string of the molecule is CC(c1ccccc1)C(O)C=C[C@@H]1[C@@H]2CC[C@@H](C2)[C@@H]1CCCCCCC(=O)O. The van der Waals surface area contributed by atoms with Gasteiger partial charge in [0.1, 0.15) is 0 Å². The van der Waals surface area contributed by atoms with Gasteiger partial charge in [0, 0.05) is 12.3 Å². The second-order valence-corrected chi connectivity index (χ2v) is 9.00. The third kappa shape index (κ3) is 5.47. The van der Waals surface area contributed by atoms with E-state index < -0.39 is 12.1 Å². The highest BCUT2D eigenvalue weighted by Gasteiger charge is 2.45. The molecule has 2 aliphatic carbocycles. The van der Waals surface area contributed by atoms with Crippen LogP contribution in [0.3, 0.4) is 0 Å². The van der Waals surface area contributed by atoms with Crippen molar-refractivity contribution in [3.63, 3.8) is 0 Å². The quantitative estimate of drug-likeness (QED) is 0.375. The standard InChI is InChI=1S/C25H36O3/c1-18(19-9-5-4-6-10-19)24(26)16-15-23-21-14-13-20(17-21)22(23)11-7-2-3-8-12-25(27)28/h4-6,9-10,15-16,18,20-24,26H,2-3,7-8,11-14,17H2,1H3,(H,27,28)/t18?,20-,21+,22-,23+,24?/m0/s1. The van der Waals surface area contributed by atoms with Gasteiger partial charge in [-0.05, 0) is 61.3 Å². The molecule has 154 valence electrons. The Morgan fingerprint density at radius 1 is 1.11 bits per heavy atom. The lowest BCUT2D eigenvalue weighted by atomic mass is 9.76. The molecule has 0 heterocycles. The minimum Gasteiger partial charge on any atom is -0.481 e. The Kier molecular flexibility index (Phi) is 7.73. The molecular formula is C25H36O3. The lowest BCUT2D eigenvalue weighted by Crippen LogP contribution is -2.22. The molecule has 2 saturated carbocycles. The van der Waals surface area contributed by atoms with E-state index in [2.05, 4.69) is 31.2 Å². The minimum atomic E-state index is -0.679. The van der Waals surface area contributed by atoms with Crippen molar-refractivity contribution in [2.45, 2.75) is 76.7 Å². The van der Waals surface area contributed by atoms with Crippen LogP contribution in [0.1, 0.15) is 76.2 Å². The van der Waals surface area contributed by atoms with E-state index >= 15 is 0 Å². The second-order valence-electron chi connectivity index (χ2n) is 9.00. The molecule has 3 rings (SSSR count). The molecule has 2 fully saturated rings. The van der Waals surface area contributed by atoms with Crippen LogP contribution in [0.15, 0.2) is 42.5 Å². The Morgan fingerprint density at radius 3 is 2.57 bits per heavy atom. The monoisotopic (exact) mass is 384 g/mol. The van der Waals surface area contributed by atoms with E-state index in [-0.39, 0.29) is 5.92 Å². The van der Waals surface area contributed by atoms with Crippen molar-refractivity contribution in [2.75, 3.05) is 0 Å². The van der Waals surface area contributed by atoms with E-state index in [0.717, 1.165) is 37.0 Å². The van der Waals surface area contributed by atoms with Crippen molar-refractivity contribution in [3.8, 4) is 0 Å². The second kappa shape index (κ2) is 10.2. The summed E-state index contributed by atoms with van der Waals surface area (Å²) in [6.45, 7) is 2.10. The summed E-state index contributed by atoms with van der Waals surface area (Å²) in [4.78, 5) is 10.6. The number of carboxylic acids is 1. The van der Waals surface area contributed by atoms with E-state index in [1.807, 2.05) is 18.2 Å². The number of rotatable bonds is 11. The number of aliphatic hydroxyl groups is 1. The Balaban J connectivity index is 1.50. The third-order valence-corrected chi connectivity index (χ3v) is 7.20. The first kappa shape index (κ1) is 21.1. The lowest BCUT2D eigenvalue weighted by Gasteiger charge is -2.29. The zero-order valence-electron chi connectivity index (χ0n) is 17.2. The predicted octanol–water partition coefficient (Wildman–Crippen LogP) is 5.79. The Bertz CT molecular complexity index is 638. The van der Waals surface area contributed by atoms with Crippen molar-refractivity contribution >= 4 is 5.97 Å². The number of hydrogen-bond donors (Lipinski definition) is 2. The van der Waals surface area contributed by atoms with Crippen molar-refractivity contribution in [1.82, 2.24) is 0 Å². The highest BCUT2D eigenvalue weighted by molar-refractivity contribution is 5.66. The average Bonchev–Trinajstić information content (AvgIpc) is 3.30. The van der Waals surface area contributed by atoms with Crippen LogP contribution in [0.2, 0.25) is 0 Å². The largest absolute Gasteiger partial charge is 0.481 e. The molecule has 0 aromatic heterocycles. The maximum Gasteiger partial charge on any atom is 0.303 e. The van der Waals surface area contributed by atoms with Crippen molar-refractivity contribution in [1.29, 1.82) is 0 Å². The van der Waals surface area contributed by atoms with Crippen LogP contribution in [-0.4, -0.2) is 22.3 Å². The summed E-state index contributed by atoms with van der Waals surface area (Å²) in [6, 6.07) is 10.3. The topological polar surface area (TPSA) is 57.5 Å². The number of aliphatic hydroxyl groups excluding tert-OH is 1. The molecule has 3 nitrogen and oxygen atoms in total. The van der Waals surface area contributed by atoms with Gasteiger partial charge >= 0.3 is 5.97 Å². The molecule has 28 heavy (non-hydrogen) atoms. The number of carboxylic acid groups (broad SMARTS) is 1. The summed E-state index contributed by atoms with van der Waals surface area (Å²) in [5, 5.41) is 19.4. The van der Waals surface area contributed by atoms with Crippen molar-refractivity contribution in [2.24, 2.45) is 23.7 Å². The average molecular weight is 385 g/mol. The fourth-order valence-electron chi connectivity index (χ4n) is 5.56. The van der Waals surface area contributed by atoms with Gasteiger partial charge in [0.2, 0.25) is 0 Å². The molecule has 6 atom stereocenters. The van der Waals surface area contributed by atoms with Crippen LogP contribution in [0.5, 0.6) is 0 Å². The zero-order valence-corrected chi connectivity index (χ0v) is 17.2. The third-order valence-electron chi connectivity index (χ3n) is 7.20. The van der Waals surface area contributed by atoms with E-state index in [9.17, 15) is 9.90 Å². The highest BCUT2D eigenvalue weighted by Crippen LogP contribution is 2.54. The van der Waals surface area contributed by atoms with Crippen LogP contribution < -0.4 is 0 Å². The normalized spacial score (nSPS) is 28.6. The van der Waals surface area contributed by atoms with E-state index in [4.69, 9.17) is 5.11 Å². The van der Waals surface area contributed by atoms with Crippen LogP contribution in [0, 0.1) is 23.7 Å². The van der Waals surface area contributed by atoms with Gasteiger partial charge in [0.05, 0.1) is 6.10 Å². The van der Waals surface area contributed by atoms with Gasteiger partial charge in [-0.2, -0.15) is 0 Å². The number of aliphatic carboxylic acids is 1. The number of hydrogen-bond acceptors (Lipinski definition) is 2. The summed E-state index contributed by atoms with van der Waals surface area (Å²) in [6.07, 6.45) is 13.8. The zero-order chi connectivity index (χ0) is 19.9. The Labute approximate surface area is 169 Å². The fraction of sp³-hybridized carbons (Fsp3) is 0.640. The first-order chi connectivity index (χ1) is 13.6. The molecule has 1 aromatic rings. The molecule has 0 radical (unpaired) electrons. The van der Waals surface area contributed by atoms with Crippen LogP contribution in [0.25, 0.3) is 0 Å². The summed E-state index contributed by atoms with van der Waals surface area (Å²) >= 11 is 0. The smallest absolute Gasteiger partial charge is 0.303 e. The summed E-state index contributed by atoms with van der Waals surface area (Å²) in [5.41, 5.74) is 1.19. The van der Waals surface area contributed by atoms with Gasteiger partial charge in [0.25, 0.3) is 0 Å².